The third-order valence-corrected chi connectivity index (χ3v) is 8.24. The van der Waals surface area contributed by atoms with E-state index >= 15 is 0 Å². The van der Waals surface area contributed by atoms with E-state index in [9.17, 15) is 61.0 Å². The Hall–Kier alpha value is -3.91. The number of Topliss-reactive ketones (excluding diaryl/α,β-unsaturated/α-hetero) is 1. The van der Waals surface area contributed by atoms with Crippen molar-refractivity contribution >= 4 is 11.9 Å². The Morgan fingerprint density at radius 2 is 1.40 bits per heavy atom. The summed E-state index contributed by atoms with van der Waals surface area (Å²) in [6.45, 7) is 1.99. The number of ketones is 1. The Kier molecular flexibility index (Phi) is 9.48. The molecule has 258 valence electrons. The molecule has 5 rings (SSSR count). The Morgan fingerprint density at radius 1 is 0.787 bits per heavy atom. The predicted octanol–water partition coefficient (Wildman–Crippen LogP) is -1.51. The molecule has 17 heteroatoms. The number of hydrogen-bond donors (Lipinski definition) is 11. The number of phenols is 5. The Balaban J connectivity index is 1.52. The van der Waals surface area contributed by atoms with Gasteiger partial charge >= 0.3 is 0 Å². The van der Waals surface area contributed by atoms with Gasteiger partial charge in [-0.1, -0.05) is 0 Å². The number of carbonyl (C=O) groups is 1. The van der Waals surface area contributed by atoms with Gasteiger partial charge in [0, 0.05) is 17.7 Å². The highest BCUT2D eigenvalue weighted by Gasteiger charge is 2.51. The molecular weight excluding hydrogens is 632 g/mol. The molecule has 0 amide bonds. The summed E-state index contributed by atoms with van der Waals surface area (Å²) in [5.74, 6) is -4.58. The van der Waals surface area contributed by atoms with Gasteiger partial charge in [-0.05, 0) is 32.1 Å². The van der Waals surface area contributed by atoms with Crippen molar-refractivity contribution in [1.29, 1.82) is 0 Å². The Bertz CT molecular complexity index is 1500. The van der Waals surface area contributed by atoms with Crippen LogP contribution in [0, 0.1) is 0 Å². The average molecular weight is 669 g/mol. The summed E-state index contributed by atoms with van der Waals surface area (Å²) < 4.78 is 28.8. The van der Waals surface area contributed by atoms with Gasteiger partial charge in [0.15, 0.2) is 29.1 Å². The topological polar surface area (TPSA) is 286 Å². The zero-order chi connectivity index (χ0) is 34.5. The number of rotatable bonds is 8. The first-order valence-corrected chi connectivity index (χ1v) is 14.4. The van der Waals surface area contributed by atoms with Crippen molar-refractivity contribution in [3.05, 3.63) is 41.2 Å². The lowest BCUT2D eigenvalue weighted by atomic mass is 9.83. The van der Waals surface area contributed by atoms with E-state index < -0.39 is 120 Å². The van der Waals surface area contributed by atoms with E-state index in [1.54, 1.807) is 0 Å². The summed E-state index contributed by atoms with van der Waals surface area (Å²) in [6, 6.07) is 4.00. The van der Waals surface area contributed by atoms with Crippen LogP contribution in [-0.4, -0.2) is 130 Å². The number of aromatic hydroxyl groups is 5. The van der Waals surface area contributed by atoms with Gasteiger partial charge in [0.1, 0.15) is 71.5 Å². The van der Waals surface area contributed by atoms with E-state index in [4.69, 9.17) is 23.7 Å². The largest absolute Gasteiger partial charge is 0.508 e. The van der Waals surface area contributed by atoms with Crippen molar-refractivity contribution in [1.82, 2.24) is 0 Å². The average Bonchev–Trinajstić information content (AvgIpc) is 3.00. The number of aliphatic hydroxyl groups excluding tert-OH is 6. The zero-order valence-electron chi connectivity index (χ0n) is 24.9. The van der Waals surface area contributed by atoms with Crippen molar-refractivity contribution in [2.45, 2.75) is 87.3 Å². The summed E-state index contributed by atoms with van der Waals surface area (Å²) >= 11 is 0. The summed E-state index contributed by atoms with van der Waals surface area (Å²) in [7, 11) is 0. The van der Waals surface area contributed by atoms with Gasteiger partial charge in [-0.15, -0.1) is 0 Å². The van der Waals surface area contributed by atoms with E-state index in [0.29, 0.717) is 0 Å². The molecular formula is C30H36O17. The molecule has 3 aliphatic rings. The van der Waals surface area contributed by atoms with Crippen LogP contribution in [-0.2, 0) is 29.3 Å². The molecule has 0 aromatic heterocycles. The highest BCUT2D eigenvalue weighted by molar-refractivity contribution is 5.80. The minimum Gasteiger partial charge on any atom is -0.508 e. The Labute approximate surface area is 266 Å². The van der Waals surface area contributed by atoms with E-state index in [2.05, 4.69) is 0 Å². The second-order valence-electron chi connectivity index (χ2n) is 11.7. The van der Waals surface area contributed by atoms with Crippen molar-refractivity contribution in [3.8, 4) is 34.5 Å². The summed E-state index contributed by atoms with van der Waals surface area (Å²) in [4.78, 5) is 12.7. The first-order valence-electron chi connectivity index (χ1n) is 14.4. The first kappa shape index (κ1) is 34.4. The van der Waals surface area contributed by atoms with Gasteiger partial charge < -0.3 is 79.9 Å². The fraction of sp³-hybridized carbons (Fsp3) is 0.500. The van der Waals surface area contributed by atoms with Crippen LogP contribution in [0.15, 0.2) is 30.0 Å². The van der Waals surface area contributed by atoms with Crippen LogP contribution in [0.2, 0.25) is 0 Å². The molecule has 0 saturated carbocycles. The van der Waals surface area contributed by atoms with Crippen LogP contribution in [0.25, 0.3) is 6.08 Å². The summed E-state index contributed by atoms with van der Waals surface area (Å²) in [6.07, 6.45) is -15.7. The molecule has 11 N–H and O–H groups in total. The maximum atomic E-state index is 12.7. The second-order valence-corrected chi connectivity index (χ2v) is 11.7. The summed E-state index contributed by atoms with van der Waals surface area (Å²) in [5, 5.41) is 114. The molecule has 3 heterocycles. The van der Waals surface area contributed by atoms with Crippen molar-refractivity contribution in [2.75, 3.05) is 6.61 Å². The molecule has 0 spiro atoms. The van der Waals surface area contributed by atoms with Crippen LogP contribution in [0.1, 0.15) is 31.4 Å². The van der Waals surface area contributed by atoms with Gasteiger partial charge in [-0.2, -0.15) is 0 Å². The molecule has 0 bridgehead atoms. The molecule has 0 radical (unpaired) electrons. The van der Waals surface area contributed by atoms with Gasteiger partial charge in [0.2, 0.25) is 6.29 Å². The van der Waals surface area contributed by atoms with Crippen molar-refractivity contribution in [3.63, 3.8) is 0 Å². The smallest absolute Gasteiger partial charge is 0.228 e. The molecule has 11 atom stereocenters. The first-order chi connectivity index (χ1) is 22.0. The molecule has 0 aliphatic carbocycles. The number of ether oxygens (including phenoxy) is 5. The van der Waals surface area contributed by atoms with E-state index in [-0.39, 0.29) is 16.9 Å². The lowest BCUT2D eigenvalue weighted by molar-refractivity contribution is -0.325. The van der Waals surface area contributed by atoms with E-state index in [1.165, 1.54) is 13.8 Å². The maximum Gasteiger partial charge on any atom is 0.228 e. The second kappa shape index (κ2) is 12.9. The minimum absolute atomic E-state index is 0.0757. The van der Waals surface area contributed by atoms with Crippen molar-refractivity contribution in [2.24, 2.45) is 0 Å². The number of aliphatic hydroxyl groups is 6. The molecule has 3 aliphatic heterocycles. The lowest BCUT2D eigenvalue weighted by Crippen LogP contribution is -2.61. The minimum atomic E-state index is -2.13. The number of carbonyl (C=O) groups excluding carboxylic acids is 1. The molecule has 47 heavy (non-hydrogen) atoms. The van der Waals surface area contributed by atoms with E-state index in [0.717, 1.165) is 30.3 Å². The standard InChI is InChI=1S/C30H36O17/c1-10(31)8-30(12-3-16(34)22(37)17(35)4-12)20(7-14-15(33)5-13(32)6-18(14)47-30)46-29-27(42)25(40)23(38)19(45-29)9-43-28-26(41)24(39)21(36)11(2)44-28/h3-7,11,19,21,23-29,32-42H,8-9H2,1-2H3/t11-,19+,21-,23+,24+,25-,26+,27+,28+,29-,30?/m0/s1. The number of fused-ring (bicyclic) bond motifs is 1. The quantitative estimate of drug-likeness (QED) is 0.143. The van der Waals surface area contributed by atoms with Crippen LogP contribution < -0.4 is 4.74 Å². The normalized spacial score (nSPS) is 35.4. The fourth-order valence-electron chi connectivity index (χ4n) is 5.67. The zero-order valence-corrected chi connectivity index (χ0v) is 24.9. The maximum absolute atomic E-state index is 12.7. The van der Waals surface area contributed by atoms with Gasteiger partial charge in [0.05, 0.1) is 24.7 Å². The predicted molar refractivity (Wildman–Crippen MR) is 153 cm³/mol. The fourth-order valence-corrected chi connectivity index (χ4v) is 5.67. The molecule has 1 unspecified atom stereocenters. The molecule has 2 aromatic carbocycles. The van der Waals surface area contributed by atoms with Gasteiger partial charge in [-0.25, -0.2) is 0 Å². The van der Waals surface area contributed by atoms with Crippen LogP contribution in [0.3, 0.4) is 0 Å². The van der Waals surface area contributed by atoms with Crippen molar-refractivity contribution < 1.29 is 84.7 Å². The lowest BCUT2D eigenvalue weighted by Gasteiger charge is -2.45. The molecule has 2 aromatic rings. The van der Waals surface area contributed by atoms with E-state index in [1.807, 2.05) is 0 Å². The molecule has 17 nitrogen and oxygen atoms in total. The SMILES string of the molecule is CC(=O)CC1(c2cc(O)c(O)c(O)c2)Oc2cc(O)cc(O)c2C=C1O[C@@H]1O[C@H](CO[C@@H]2O[C@@H](C)[C@H](O)[C@@H](O)[C@H]2O)[C@@H](O)[C@H](O)[C@H]1O. The third kappa shape index (κ3) is 6.37. The van der Waals surface area contributed by atoms with Crippen LogP contribution >= 0.6 is 0 Å². The monoisotopic (exact) mass is 668 g/mol. The number of phenolic OH excluding ortho intramolecular Hbond substituents is 5. The van der Waals surface area contributed by atoms with Gasteiger partial charge in [-0.3, -0.25) is 4.79 Å². The molecule has 2 fully saturated rings. The Morgan fingerprint density at radius 3 is 2.04 bits per heavy atom. The van der Waals surface area contributed by atoms with Crippen LogP contribution in [0.5, 0.6) is 34.5 Å². The van der Waals surface area contributed by atoms with Gasteiger partial charge in [0.25, 0.3) is 0 Å². The molecule has 2 saturated heterocycles. The number of benzene rings is 2. The highest BCUT2D eigenvalue weighted by atomic mass is 16.7. The number of hydrogen-bond acceptors (Lipinski definition) is 17. The summed E-state index contributed by atoms with van der Waals surface area (Å²) in [5.41, 5.74) is -2.39. The highest BCUT2D eigenvalue weighted by Crippen LogP contribution is 2.51. The third-order valence-electron chi connectivity index (χ3n) is 8.24. The van der Waals surface area contributed by atoms with Crippen LogP contribution in [0.4, 0.5) is 0 Å².